The summed E-state index contributed by atoms with van der Waals surface area (Å²) in [6, 6.07) is 8.44. The third-order valence-corrected chi connectivity index (χ3v) is 5.38. The summed E-state index contributed by atoms with van der Waals surface area (Å²) < 4.78 is 5.52. The lowest BCUT2D eigenvalue weighted by atomic mass is 10.00. The summed E-state index contributed by atoms with van der Waals surface area (Å²) in [7, 11) is 1.74. The largest absolute Gasteiger partial charge is 0.439 e. The maximum atomic E-state index is 12.7. The first-order valence-corrected chi connectivity index (χ1v) is 8.56. The number of amides is 2. The van der Waals surface area contributed by atoms with Crippen LogP contribution in [0.15, 0.2) is 24.3 Å². The second-order valence-electron chi connectivity index (χ2n) is 7.20. The molecule has 4 rings (SSSR count). The van der Waals surface area contributed by atoms with Crippen LogP contribution in [0.2, 0.25) is 0 Å². The minimum atomic E-state index is -0.490. The van der Waals surface area contributed by atoms with E-state index in [9.17, 15) is 9.59 Å². The zero-order valence-corrected chi connectivity index (χ0v) is 14.0. The Morgan fingerprint density at radius 2 is 2.00 bits per heavy atom. The molecule has 1 aromatic carbocycles. The number of benzene rings is 1. The van der Waals surface area contributed by atoms with Gasteiger partial charge in [0.25, 0.3) is 0 Å². The second-order valence-corrected chi connectivity index (χ2v) is 7.20. The molecule has 1 spiro atoms. The molecule has 24 heavy (non-hydrogen) atoms. The minimum absolute atomic E-state index is 0.136. The molecule has 0 aromatic heterocycles. The van der Waals surface area contributed by atoms with E-state index in [1.807, 2.05) is 4.90 Å². The Hall–Kier alpha value is -2.08. The Balaban J connectivity index is 1.36. The van der Waals surface area contributed by atoms with Gasteiger partial charge in [0, 0.05) is 33.1 Å². The maximum Gasteiger partial charge on any atom is 0.410 e. The zero-order chi connectivity index (χ0) is 16.7. The quantitative estimate of drug-likeness (QED) is 0.815. The van der Waals surface area contributed by atoms with Crippen molar-refractivity contribution in [2.45, 2.75) is 25.0 Å². The summed E-state index contributed by atoms with van der Waals surface area (Å²) in [4.78, 5) is 30.0. The first-order valence-electron chi connectivity index (χ1n) is 8.56. The number of fused-ring (bicyclic) bond motifs is 1. The summed E-state index contributed by atoms with van der Waals surface area (Å²) >= 11 is 0. The van der Waals surface area contributed by atoms with E-state index in [4.69, 9.17) is 4.74 Å². The molecule has 0 aliphatic carbocycles. The van der Waals surface area contributed by atoms with Gasteiger partial charge >= 0.3 is 6.09 Å². The van der Waals surface area contributed by atoms with E-state index in [1.165, 1.54) is 11.1 Å². The van der Waals surface area contributed by atoms with E-state index in [-0.39, 0.29) is 12.0 Å². The van der Waals surface area contributed by atoms with Crippen LogP contribution in [0.1, 0.15) is 17.5 Å². The van der Waals surface area contributed by atoms with Crippen molar-refractivity contribution < 1.29 is 14.3 Å². The van der Waals surface area contributed by atoms with Gasteiger partial charge in [0.1, 0.15) is 0 Å². The first kappa shape index (κ1) is 15.4. The Kier molecular flexibility index (Phi) is 3.72. The van der Waals surface area contributed by atoms with E-state index in [0.29, 0.717) is 26.2 Å². The fraction of sp³-hybridized carbons (Fsp3) is 0.556. The van der Waals surface area contributed by atoms with Gasteiger partial charge in [-0.25, -0.2) is 4.79 Å². The highest BCUT2D eigenvalue weighted by molar-refractivity contribution is 5.79. The normalized spacial score (nSPS) is 26.8. The molecule has 0 N–H and O–H groups in total. The van der Waals surface area contributed by atoms with Crippen LogP contribution in [0.25, 0.3) is 0 Å². The minimum Gasteiger partial charge on any atom is -0.439 e. The summed E-state index contributed by atoms with van der Waals surface area (Å²) in [5.74, 6) is 0.136. The number of hydrogen-bond acceptors (Lipinski definition) is 4. The molecule has 128 valence electrons. The van der Waals surface area contributed by atoms with Gasteiger partial charge < -0.3 is 14.5 Å². The molecule has 3 heterocycles. The highest BCUT2D eigenvalue weighted by atomic mass is 16.6. The maximum absolute atomic E-state index is 12.7. The van der Waals surface area contributed by atoms with Crippen LogP contribution in [0.5, 0.6) is 0 Å². The van der Waals surface area contributed by atoms with Crippen molar-refractivity contribution in [2.75, 3.05) is 39.8 Å². The molecule has 0 unspecified atom stereocenters. The predicted molar refractivity (Wildman–Crippen MR) is 88.5 cm³/mol. The van der Waals surface area contributed by atoms with Crippen LogP contribution in [-0.4, -0.2) is 72.1 Å². The lowest BCUT2D eigenvalue weighted by Gasteiger charge is -2.30. The first-order chi connectivity index (χ1) is 11.5. The van der Waals surface area contributed by atoms with Crippen molar-refractivity contribution >= 4 is 12.0 Å². The van der Waals surface area contributed by atoms with Crippen molar-refractivity contribution in [1.82, 2.24) is 14.7 Å². The number of likely N-dealkylation sites (N-methyl/N-ethyl adjacent to an activating group) is 1. The van der Waals surface area contributed by atoms with Crippen molar-refractivity contribution in [3.05, 3.63) is 35.4 Å². The van der Waals surface area contributed by atoms with Gasteiger partial charge in [-0.2, -0.15) is 0 Å². The Morgan fingerprint density at radius 3 is 2.75 bits per heavy atom. The average molecular weight is 329 g/mol. The van der Waals surface area contributed by atoms with Gasteiger partial charge in [-0.3, -0.25) is 9.69 Å². The zero-order valence-electron chi connectivity index (χ0n) is 14.0. The third-order valence-electron chi connectivity index (χ3n) is 5.38. The van der Waals surface area contributed by atoms with Gasteiger partial charge in [-0.15, -0.1) is 0 Å². The van der Waals surface area contributed by atoms with Gasteiger partial charge in [0.05, 0.1) is 19.6 Å². The molecule has 0 saturated carbocycles. The number of carbonyl (C=O) groups is 2. The summed E-state index contributed by atoms with van der Waals surface area (Å²) in [6.45, 7) is 3.95. The average Bonchev–Trinajstić information content (AvgIpc) is 3.10. The molecule has 0 radical (unpaired) electrons. The van der Waals surface area contributed by atoms with E-state index in [2.05, 4.69) is 29.2 Å². The Labute approximate surface area is 142 Å². The molecule has 2 amide bonds. The van der Waals surface area contributed by atoms with Crippen molar-refractivity contribution in [1.29, 1.82) is 0 Å². The van der Waals surface area contributed by atoms with E-state index in [0.717, 1.165) is 25.9 Å². The molecular weight excluding hydrogens is 306 g/mol. The SMILES string of the molecule is CN1C[C@]2(CCN(C(=O)CN3CCc4ccccc4C3)C2)OC1=O. The highest BCUT2D eigenvalue weighted by Crippen LogP contribution is 2.32. The van der Waals surface area contributed by atoms with E-state index < -0.39 is 5.60 Å². The fourth-order valence-corrected chi connectivity index (χ4v) is 4.04. The van der Waals surface area contributed by atoms with Gasteiger partial charge in [0.15, 0.2) is 5.60 Å². The van der Waals surface area contributed by atoms with Gasteiger partial charge in [-0.1, -0.05) is 24.3 Å². The van der Waals surface area contributed by atoms with Crippen LogP contribution >= 0.6 is 0 Å². The molecule has 3 aliphatic heterocycles. The van der Waals surface area contributed by atoms with Crippen LogP contribution in [0.3, 0.4) is 0 Å². The summed E-state index contributed by atoms with van der Waals surface area (Å²) in [5, 5.41) is 0. The van der Waals surface area contributed by atoms with Crippen molar-refractivity contribution in [2.24, 2.45) is 0 Å². The number of hydrogen-bond donors (Lipinski definition) is 0. The third kappa shape index (κ3) is 2.75. The molecule has 1 aromatic rings. The molecular formula is C18H23N3O3. The molecule has 3 aliphatic rings. The summed E-state index contributed by atoms with van der Waals surface area (Å²) in [6.07, 6.45) is 1.45. The topological polar surface area (TPSA) is 53.1 Å². The van der Waals surface area contributed by atoms with E-state index >= 15 is 0 Å². The summed E-state index contributed by atoms with van der Waals surface area (Å²) in [5.41, 5.74) is 2.22. The second kappa shape index (κ2) is 5.77. The number of rotatable bonds is 2. The monoisotopic (exact) mass is 329 g/mol. The van der Waals surface area contributed by atoms with Crippen molar-refractivity contribution in [3.8, 4) is 0 Å². The molecule has 2 fully saturated rings. The number of carbonyl (C=O) groups excluding carboxylic acids is 2. The lowest BCUT2D eigenvalue weighted by Crippen LogP contribution is -2.44. The molecule has 1 atom stereocenters. The van der Waals surface area contributed by atoms with Gasteiger partial charge in [-0.05, 0) is 17.5 Å². The molecule has 2 saturated heterocycles. The van der Waals surface area contributed by atoms with Crippen LogP contribution in [-0.2, 0) is 22.5 Å². The lowest BCUT2D eigenvalue weighted by molar-refractivity contribution is -0.132. The number of ether oxygens (including phenoxy) is 1. The van der Waals surface area contributed by atoms with Gasteiger partial charge in [0.2, 0.25) is 5.91 Å². The molecule has 0 bridgehead atoms. The number of likely N-dealkylation sites (tertiary alicyclic amines) is 1. The molecule has 6 nitrogen and oxygen atoms in total. The van der Waals surface area contributed by atoms with Crippen LogP contribution < -0.4 is 0 Å². The number of nitrogens with zero attached hydrogens (tertiary/aromatic N) is 3. The predicted octanol–water partition coefficient (Wildman–Crippen LogP) is 1.10. The smallest absolute Gasteiger partial charge is 0.410 e. The Morgan fingerprint density at radius 1 is 1.21 bits per heavy atom. The van der Waals surface area contributed by atoms with E-state index in [1.54, 1.807) is 11.9 Å². The Bertz CT molecular complexity index is 677. The standard InChI is InChI=1S/C18H23N3O3/c1-19-12-18(24-17(19)23)7-9-21(13-18)16(22)11-20-8-6-14-4-2-3-5-15(14)10-20/h2-5H,6-13H2,1H3/t18-/m0/s1. The highest BCUT2D eigenvalue weighted by Gasteiger charge is 2.49. The van der Waals surface area contributed by atoms with Crippen LogP contribution in [0, 0.1) is 0 Å². The molecule has 6 heteroatoms. The fourth-order valence-electron chi connectivity index (χ4n) is 4.04. The van der Waals surface area contributed by atoms with Crippen molar-refractivity contribution in [3.63, 3.8) is 0 Å². The van der Waals surface area contributed by atoms with Crippen LogP contribution in [0.4, 0.5) is 4.79 Å².